The van der Waals surface area contributed by atoms with Crippen LogP contribution < -0.4 is 0 Å². The monoisotopic (exact) mass is 194 g/mol. The number of hydrogen-bond donors (Lipinski definition) is 1. The van der Waals surface area contributed by atoms with Gasteiger partial charge < -0.3 is 5.11 Å². The Labute approximate surface area is 54.3 Å². The van der Waals surface area contributed by atoms with Crippen LogP contribution in [0, 0.1) is 0 Å². The van der Waals surface area contributed by atoms with Gasteiger partial charge in [0.1, 0.15) is 0 Å². The first-order chi connectivity index (χ1) is 1.73. The van der Waals surface area contributed by atoms with Gasteiger partial charge in [-0.3, -0.25) is 0 Å². The molecule has 0 aliphatic heterocycles. The summed E-state index contributed by atoms with van der Waals surface area (Å²) in [6, 6.07) is 0. The maximum absolute atomic E-state index is 8.77. The summed E-state index contributed by atoms with van der Waals surface area (Å²) >= 11 is 4.19. The van der Waals surface area contributed by atoms with Gasteiger partial charge in [-0.15, -0.1) is 0 Å². The van der Waals surface area contributed by atoms with Crippen molar-refractivity contribution in [1.82, 2.24) is 0 Å². The topological polar surface area (TPSA) is 37.3 Å². The Morgan fingerprint density at radius 3 is 1.80 bits per heavy atom. The van der Waals surface area contributed by atoms with E-state index >= 15 is 0 Å². The largest absolute Gasteiger partial charge is 0.469 e. The molecule has 4 heteroatoms. The van der Waals surface area contributed by atoms with Gasteiger partial charge in [-0.25, -0.2) is 4.79 Å². The molecular formula is CHCdClO2. The second kappa shape index (κ2) is 4.68. The minimum Gasteiger partial charge on any atom is -0.469 e. The molecular weight excluding hydrogens is 192 g/mol. The third kappa shape index (κ3) is 72.4. The van der Waals surface area contributed by atoms with Crippen LogP contribution in [0.15, 0.2) is 0 Å². The van der Waals surface area contributed by atoms with Crippen LogP contribution in [0.1, 0.15) is 0 Å². The van der Waals surface area contributed by atoms with Gasteiger partial charge in [0.2, 0.25) is 0 Å². The van der Waals surface area contributed by atoms with E-state index in [1.54, 1.807) is 0 Å². The number of carboxylic acid groups (broad SMARTS) is 1. The third-order valence-corrected chi connectivity index (χ3v) is 0. The molecule has 0 spiro atoms. The van der Waals surface area contributed by atoms with Crippen molar-refractivity contribution in [2.75, 3.05) is 0 Å². The average Bonchev–Trinajstić information content (AvgIpc) is 0.811. The first-order valence-electron chi connectivity index (χ1n) is 0.617. The molecule has 0 saturated heterocycles. The molecule has 0 aromatic rings. The van der Waals surface area contributed by atoms with E-state index in [9.17, 15) is 0 Å². The second-order valence-electron chi connectivity index (χ2n) is 0.253. The van der Waals surface area contributed by atoms with Crippen LogP contribution in [0.3, 0.4) is 0 Å². The Balaban J connectivity index is 0. The molecule has 0 aliphatic rings. The zero-order valence-corrected chi connectivity index (χ0v) is 7.23. The summed E-state index contributed by atoms with van der Waals surface area (Å²) in [5.41, 5.74) is -1.36. The fourth-order valence-electron chi connectivity index (χ4n) is 0. The molecule has 0 aromatic carbocycles. The van der Waals surface area contributed by atoms with E-state index < -0.39 is 5.43 Å². The Kier molecular flexibility index (Phi) is 8.60. The van der Waals surface area contributed by atoms with Crippen molar-refractivity contribution in [3.05, 3.63) is 0 Å². The summed E-state index contributed by atoms with van der Waals surface area (Å²) < 4.78 is 0. The van der Waals surface area contributed by atoms with E-state index in [1.807, 2.05) is 0 Å². The molecule has 0 heterocycles. The molecule has 1 N–H and O–H groups in total. The average molecular weight is 193 g/mol. The first kappa shape index (κ1) is 9.19. The van der Waals surface area contributed by atoms with Crippen molar-refractivity contribution < 1.29 is 37.2 Å². The zero-order chi connectivity index (χ0) is 3.58. The standard InChI is InChI=1S/CHClO2.Cd/c2-1(3)4;/h(H,3,4);. The van der Waals surface area contributed by atoms with Crippen LogP contribution in [-0.2, 0) is 27.3 Å². The maximum atomic E-state index is 8.77. The van der Waals surface area contributed by atoms with Crippen LogP contribution in [-0.4, -0.2) is 10.5 Å². The molecule has 26 valence electrons. The van der Waals surface area contributed by atoms with Crippen LogP contribution in [0.2, 0.25) is 0 Å². The molecule has 0 aromatic heterocycles. The fraction of sp³-hybridized carbons (Fsp3) is 0. The van der Waals surface area contributed by atoms with Crippen LogP contribution >= 0.6 is 11.6 Å². The van der Waals surface area contributed by atoms with Crippen molar-refractivity contribution in [2.45, 2.75) is 0 Å². The molecule has 0 atom stereocenters. The van der Waals surface area contributed by atoms with Gasteiger partial charge in [-0.2, -0.15) is 0 Å². The van der Waals surface area contributed by atoms with Gasteiger partial charge in [0, 0.05) is 38.9 Å². The van der Waals surface area contributed by atoms with Gasteiger partial charge in [0.25, 0.3) is 0 Å². The summed E-state index contributed by atoms with van der Waals surface area (Å²) in [6.45, 7) is 0. The summed E-state index contributed by atoms with van der Waals surface area (Å²) in [5.74, 6) is 0. The van der Waals surface area contributed by atoms with Crippen molar-refractivity contribution >= 4 is 17.0 Å². The molecule has 0 saturated carbocycles. The van der Waals surface area contributed by atoms with Gasteiger partial charge in [-0.1, -0.05) is 0 Å². The van der Waals surface area contributed by atoms with E-state index in [-0.39, 0.29) is 27.3 Å². The van der Waals surface area contributed by atoms with Gasteiger partial charge in [0.05, 0.1) is 0 Å². The number of carbonyl (C=O) groups is 1. The van der Waals surface area contributed by atoms with E-state index in [4.69, 9.17) is 9.90 Å². The van der Waals surface area contributed by atoms with Crippen LogP contribution in [0.5, 0.6) is 0 Å². The van der Waals surface area contributed by atoms with Crippen molar-refractivity contribution in [3.63, 3.8) is 0 Å². The molecule has 0 fully saturated rings. The molecule has 0 unspecified atom stereocenters. The van der Waals surface area contributed by atoms with Gasteiger partial charge >= 0.3 is 5.43 Å². The van der Waals surface area contributed by atoms with Gasteiger partial charge in [0.15, 0.2) is 0 Å². The summed E-state index contributed by atoms with van der Waals surface area (Å²) in [6.07, 6.45) is 0. The zero-order valence-electron chi connectivity index (χ0n) is 2.44. The predicted octanol–water partition coefficient (Wildman–Crippen LogP) is 0.901. The first-order valence-corrected chi connectivity index (χ1v) is 0.995. The summed E-state index contributed by atoms with van der Waals surface area (Å²) in [5, 5.41) is 7.18. The minimum absolute atomic E-state index is 0. The number of rotatable bonds is 0. The molecule has 2 nitrogen and oxygen atoms in total. The Morgan fingerprint density at radius 1 is 1.80 bits per heavy atom. The van der Waals surface area contributed by atoms with E-state index in [0.717, 1.165) is 0 Å². The van der Waals surface area contributed by atoms with Crippen molar-refractivity contribution in [3.8, 4) is 0 Å². The Hall–Kier alpha value is 0.682. The third-order valence-electron chi connectivity index (χ3n) is 0. The fourth-order valence-corrected chi connectivity index (χ4v) is 0. The van der Waals surface area contributed by atoms with Crippen LogP contribution in [0.25, 0.3) is 0 Å². The maximum Gasteiger partial charge on any atom is 0.401 e. The normalized spacial score (nSPS) is 5.00. The smallest absolute Gasteiger partial charge is 0.401 e. The Morgan fingerprint density at radius 2 is 1.80 bits per heavy atom. The molecule has 0 amide bonds. The molecule has 0 aliphatic carbocycles. The molecule has 0 radical (unpaired) electrons. The number of hydrogen-bond acceptors (Lipinski definition) is 1. The molecule has 0 bridgehead atoms. The van der Waals surface area contributed by atoms with Crippen molar-refractivity contribution in [2.24, 2.45) is 0 Å². The second-order valence-corrected chi connectivity index (χ2v) is 0.576. The summed E-state index contributed by atoms with van der Waals surface area (Å²) in [4.78, 5) is 8.77. The predicted molar refractivity (Wildman–Crippen MR) is 13.9 cm³/mol. The van der Waals surface area contributed by atoms with Crippen LogP contribution in [0.4, 0.5) is 4.79 Å². The van der Waals surface area contributed by atoms with Crippen molar-refractivity contribution in [1.29, 1.82) is 0 Å². The quantitative estimate of drug-likeness (QED) is 0.458. The SMILES string of the molecule is O=C(O)Cl.[Cd]. The van der Waals surface area contributed by atoms with E-state index in [0.29, 0.717) is 0 Å². The number of halogens is 1. The minimum atomic E-state index is -1.36. The van der Waals surface area contributed by atoms with E-state index in [1.165, 1.54) is 0 Å². The summed E-state index contributed by atoms with van der Waals surface area (Å²) in [7, 11) is 0. The van der Waals surface area contributed by atoms with Gasteiger partial charge in [-0.05, 0) is 0 Å². The Bertz CT molecular complexity index is 32.6. The molecule has 0 rings (SSSR count). The van der Waals surface area contributed by atoms with E-state index in [2.05, 4.69) is 11.6 Å². The molecule has 5 heavy (non-hydrogen) atoms.